The molecule has 1 aliphatic heterocycles. The van der Waals surface area contributed by atoms with Crippen LogP contribution in [0.4, 0.5) is 14.6 Å². The molecule has 0 saturated carbocycles. The molecule has 1 fully saturated rings. The number of benzene rings is 1. The SMILES string of the molecule is Cc1cc(C)c(C#N)c(N2CCN(S(=O)(=O)c3cc(F)ccc3F)CC2)n1. The standard InChI is InChI=1S/C18H18F2N4O2S/c1-12-9-13(2)22-18(15(12)11-21)23-5-7-24(8-6-23)27(25,26)17-10-14(19)3-4-16(17)20/h3-4,9-10H,5-8H2,1-2H3. The summed E-state index contributed by atoms with van der Waals surface area (Å²) in [5.74, 6) is -1.28. The molecule has 6 nitrogen and oxygen atoms in total. The Hall–Kier alpha value is -2.57. The molecule has 0 bridgehead atoms. The summed E-state index contributed by atoms with van der Waals surface area (Å²) in [5.41, 5.74) is 2.02. The highest BCUT2D eigenvalue weighted by Gasteiger charge is 2.32. The molecule has 0 radical (unpaired) electrons. The minimum atomic E-state index is -4.15. The third-order valence-corrected chi connectivity index (χ3v) is 6.40. The van der Waals surface area contributed by atoms with Crippen LogP contribution in [-0.4, -0.2) is 43.9 Å². The third-order valence-electron chi connectivity index (χ3n) is 4.49. The van der Waals surface area contributed by atoms with Gasteiger partial charge in [0.25, 0.3) is 0 Å². The summed E-state index contributed by atoms with van der Waals surface area (Å²) in [5, 5.41) is 9.41. The zero-order valence-corrected chi connectivity index (χ0v) is 15.7. The maximum Gasteiger partial charge on any atom is 0.246 e. The predicted molar refractivity (Wildman–Crippen MR) is 95.8 cm³/mol. The maximum atomic E-state index is 13.9. The van der Waals surface area contributed by atoms with Crippen molar-refractivity contribution in [3.05, 3.63) is 52.7 Å². The lowest BCUT2D eigenvalue weighted by Crippen LogP contribution is -2.49. The van der Waals surface area contributed by atoms with Gasteiger partial charge in [-0.1, -0.05) is 0 Å². The number of aromatic nitrogens is 1. The Balaban J connectivity index is 1.84. The fraction of sp³-hybridized carbons (Fsp3) is 0.333. The van der Waals surface area contributed by atoms with Gasteiger partial charge in [0, 0.05) is 31.9 Å². The molecule has 0 unspecified atom stereocenters. The molecule has 142 valence electrons. The smallest absolute Gasteiger partial charge is 0.246 e. The molecule has 0 N–H and O–H groups in total. The maximum absolute atomic E-state index is 13.9. The summed E-state index contributed by atoms with van der Waals surface area (Å²) >= 11 is 0. The van der Waals surface area contributed by atoms with Crippen LogP contribution in [0.25, 0.3) is 0 Å². The number of nitriles is 1. The number of rotatable bonds is 3. The topological polar surface area (TPSA) is 77.3 Å². The normalized spacial score (nSPS) is 15.6. The molecular weight excluding hydrogens is 374 g/mol. The van der Waals surface area contributed by atoms with Gasteiger partial charge in [0.2, 0.25) is 10.0 Å². The number of aryl methyl sites for hydroxylation is 2. The van der Waals surface area contributed by atoms with E-state index in [9.17, 15) is 22.5 Å². The van der Waals surface area contributed by atoms with E-state index in [-0.39, 0.29) is 13.1 Å². The van der Waals surface area contributed by atoms with Crippen LogP contribution in [0.2, 0.25) is 0 Å². The van der Waals surface area contributed by atoms with Crippen molar-refractivity contribution in [2.75, 3.05) is 31.1 Å². The van der Waals surface area contributed by atoms with Gasteiger partial charge in [-0.15, -0.1) is 0 Å². The Kier molecular flexibility index (Phi) is 5.13. The molecule has 0 amide bonds. The van der Waals surface area contributed by atoms with Crippen LogP contribution in [0.5, 0.6) is 0 Å². The second-order valence-electron chi connectivity index (χ2n) is 6.36. The average molecular weight is 392 g/mol. The molecule has 1 aliphatic rings. The molecule has 0 aliphatic carbocycles. The highest BCUT2D eigenvalue weighted by atomic mass is 32.2. The van der Waals surface area contributed by atoms with Gasteiger partial charge in [0.05, 0.1) is 5.56 Å². The van der Waals surface area contributed by atoms with Gasteiger partial charge in [-0.2, -0.15) is 9.57 Å². The van der Waals surface area contributed by atoms with Crippen LogP contribution in [0.3, 0.4) is 0 Å². The van der Waals surface area contributed by atoms with Crippen molar-refractivity contribution < 1.29 is 17.2 Å². The summed E-state index contributed by atoms with van der Waals surface area (Å²) in [6.45, 7) is 4.40. The van der Waals surface area contributed by atoms with E-state index in [0.717, 1.165) is 27.7 Å². The van der Waals surface area contributed by atoms with Crippen LogP contribution in [0.15, 0.2) is 29.2 Å². The van der Waals surface area contributed by atoms with Crippen LogP contribution in [0, 0.1) is 36.8 Å². The summed E-state index contributed by atoms with van der Waals surface area (Å²) in [6.07, 6.45) is 0. The fourth-order valence-electron chi connectivity index (χ4n) is 3.14. The van der Waals surface area contributed by atoms with Crippen LogP contribution < -0.4 is 4.90 Å². The van der Waals surface area contributed by atoms with Gasteiger partial charge in [-0.25, -0.2) is 22.2 Å². The minimum Gasteiger partial charge on any atom is -0.353 e. The minimum absolute atomic E-state index is 0.0812. The number of piperazine rings is 1. The van der Waals surface area contributed by atoms with Crippen molar-refractivity contribution in [3.63, 3.8) is 0 Å². The first-order chi connectivity index (χ1) is 12.7. The van der Waals surface area contributed by atoms with Gasteiger partial charge in [-0.05, 0) is 43.7 Å². The van der Waals surface area contributed by atoms with E-state index >= 15 is 0 Å². The van der Waals surface area contributed by atoms with Crippen molar-refractivity contribution in [2.45, 2.75) is 18.7 Å². The van der Waals surface area contributed by atoms with Crippen molar-refractivity contribution in [1.82, 2.24) is 9.29 Å². The van der Waals surface area contributed by atoms with Crippen molar-refractivity contribution in [1.29, 1.82) is 5.26 Å². The van der Waals surface area contributed by atoms with E-state index in [2.05, 4.69) is 11.1 Å². The third kappa shape index (κ3) is 3.63. The monoisotopic (exact) mass is 392 g/mol. The predicted octanol–water partition coefficient (Wildman–Crippen LogP) is 2.36. The zero-order valence-electron chi connectivity index (χ0n) is 14.9. The van der Waals surface area contributed by atoms with Crippen LogP contribution in [-0.2, 0) is 10.0 Å². The Bertz CT molecular complexity index is 1030. The summed E-state index contributed by atoms with van der Waals surface area (Å²) in [6, 6.07) is 6.33. The van der Waals surface area contributed by atoms with Crippen molar-refractivity contribution >= 4 is 15.8 Å². The largest absolute Gasteiger partial charge is 0.353 e. The summed E-state index contributed by atoms with van der Waals surface area (Å²) in [4.78, 5) is 5.60. The van der Waals surface area contributed by atoms with Crippen LogP contribution >= 0.6 is 0 Å². The molecule has 2 aromatic rings. The molecule has 1 aromatic heterocycles. The first kappa shape index (κ1) is 19.2. The molecule has 9 heteroatoms. The number of anilines is 1. The quantitative estimate of drug-likeness (QED) is 0.801. The number of nitrogens with zero attached hydrogens (tertiary/aromatic N) is 4. The van der Waals surface area contributed by atoms with Gasteiger partial charge >= 0.3 is 0 Å². The molecule has 2 heterocycles. The molecular formula is C18H18F2N4O2S. The van der Waals surface area contributed by atoms with Crippen molar-refractivity contribution in [3.8, 4) is 6.07 Å². The molecule has 1 aromatic carbocycles. The highest BCUT2D eigenvalue weighted by molar-refractivity contribution is 7.89. The average Bonchev–Trinajstić information content (AvgIpc) is 2.63. The van der Waals surface area contributed by atoms with E-state index < -0.39 is 26.6 Å². The highest BCUT2D eigenvalue weighted by Crippen LogP contribution is 2.26. The summed E-state index contributed by atoms with van der Waals surface area (Å²) in [7, 11) is -4.15. The van der Waals surface area contributed by atoms with Gasteiger partial charge in [-0.3, -0.25) is 0 Å². The lowest BCUT2D eigenvalue weighted by Gasteiger charge is -2.35. The van der Waals surface area contributed by atoms with Crippen LogP contribution in [0.1, 0.15) is 16.8 Å². The fourth-order valence-corrected chi connectivity index (χ4v) is 4.64. The molecule has 27 heavy (non-hydrogen) atoms. The molecule has 3 rings (SSSR count). The van der Waals surface area contributed by atoms with Crippen molar-refractivity contribution in [2.24, 2.45) is 0 Å². The molecule has 0 atom stereocenters. The van der Waals surface area contributed by atoms with E-state index in [0.29, 0.717) is 30.5 Å². The first-order valence-corrected chi connectivity index (χ1v) is 9.76. The Morgan fingerprint density at radius 1 is 1.11 bits per heavy atom. The summed E-state index contributed by atoms with van der Waals surface area (Å²) < 4.78 is 53.8. The second kappa shape index (κ2) is 7.21. The number of hydrogen-bond acceptors (Lipinski definition) is 5. The number of pyridine rings is 1. The Morgan fingerprint density at radius 3 is 2.41 bits per heavy atom. The van der Waals surface area contributed by atoms with E-state index in [1.165, 1.54) is 0 Å². The number of hydrogen-bond donors (Lipinski definition) is 0. The van der Waals surface area contributed by atoms with Gasteiger partial charge in [0.1, 0.15) is 28.4 Å². The van der Waals surface area contributed by atoms with Gasteiger partial charge < -0.3 is 4.90 Å². The second-order valence-corrected chi connectivity index (χ2v) is 8.26. The number of halogens is 2. The van der Waals surface area contributed by atoms with Gasteiger partial charge in [0.15, 0.2) is 0 Å². The molecule has 1 saturated heterocycles. The Labute approximate surface area is 156 Å². The first-order valence-electron chi connectivity index (χ1n) is 8.32. The van der Waals surface area contributed by atoms with E-state index in [4.69, 9.17) is 0 Å². The lowest BCUT2D eigenvalue weighted by molar-refractivity contribution is 0.380. The lowest BCUT2D eigenvalue weighted by atomic mass is 10.1. The van der Waals surface area contributed by atoms with E-state index in [1.807, 2.05) is 24.8 Å². The number of sulfonamides is 1. The molecule has 0 spiro atoms. The zero-order chi connectivity index (χ0) is 19.8. The van der Waals surface area contributed by atoms with E-state index in [1.54, 1.807) is 0 Å². The Morgan fingerprint density at radius 2 is 1.78 bits per heavy atom.